The molecular weight excluding hydrogens is 320 g/mol. The molecule has 4 nitrogen and oxygen atoms in total. The van der Waals surface area contributed by atoms with E-state index in [1.807, 2.05) is 49.1 Å². The lowest BCUT2D eigenvalue weighted by Crippen LogP contribution is -2.05. The predicted molar refractivity (Wildman–Crippen MR) is 104 cm³/mol. The maximum Gasteiger partial charge on any atom is 0.0963 e. The van der Waals surface area contributed by atoms with Gasteiger partial charge in [-0.25, -0.2) is 4.98 Å². The van der Waals surface area contributed by atoms with E-state index >= 15 is 0 Å². The lowest BCUT2D eigenvalue weighted by molar-refractivity contribution is 0.687. The minimum atomic E-state index is 0.821. The van der Waals surface area contributed by atoms with Gasteiger partial charge in [0, 0.05) is 48.4 Å². The molecule has 26 heavy (non-hydrogen) atoms. The van der Waals surface area contributed by atoms with Gasteiger partial charge in [-0.1, -0.05) is 36.4 Å². The van der Waals surface area contributed by atoms with E-state index in [9.17, 15) is 0 Å². The standard InChI is InChI=1S/C22H20N4/c1-17-7-5-13-24-20(17)11-14-26-16-25-21(18-8-3-2-4-9-18)22(26)19-10-6-12-23-15-19/h2-10,12-13,15-16H,11,14H2,1H3. The monoisotopic (exact) mass is 340 g/mol. The predicted octanol–water partition coefficient (Wildman–Crippen LogP) is 4.56. The fourth-order valence-electron chi connectivity index (χ4n) is 3.17. The summed E-state index contributed by atoms with van der Waals surface area (Å²) in [5, 5.41) is 0. The molecule has 0 bridgehead atoms. The van der Waals surface area contributed by atoms with Crippen LogP contribution in [0.2, 0.25) is 0 Å². The number of hydrogen-bond donors (Lipinski definition) is 0. The molecule has 3 aromatic heterocycles. The Morgan fingerprint density at radius 2 is 1.65 bits per heavy atom. The smallest absolute Gasteiger partial charge is 0.0963 e. The van der Waals surface area contributed by atoms with Crippen LogP contribution in [0.4, 0.5) is 0 Å². The van der Waals surface area contributed by atoms with E-state index in [4.69, 9.17) is 4.98 Å². The molecule has 0 N–H and O–H groups in total. The molecule has 0 radical (unpaired) electrons. The van der Waals surface area contributed by atoms with Crippen LogP contribution in [0.25, 0.3) is 22.5 Å². The van der Waals surface area contributed by atoms with Gasteiger partial charge in [0.1, 0.15) is 0 Å². The van der Waals surface area contributed by atoms with Crippen molar-refractivity contribution >= 4 is 0 Å². The van der Waals surface area contributed by atoms with E-state index in [2.05, 4.69) is 45.7 Å². The molecule has 128 valence electrons. The summed E-state index contributed by atoms with van der Waals surface area (Å²) in [5.74, 6) is 0. The van der Waals surface area contributed by atoms with Crippen LogP contribution < -0.4 is 0 Å². The van der Waals surface area contributed by atoms with E-state index in [-0.39, 0.29) is 0 Å². The number of benzene rings is 1. The molecule has 3 heterocycles. The molecule has 0 saturated carbocycles. The fourth-order valence-corrected chi connectivity index (χ4v) is 3.17. The van der Waals surface area contributed by atoms with Crippen LogP contribution in [0.15, 0.2) is 79.5 Å². The summed E-state index contributed by atoms with van der Waals surface area (Å²) in [6.07, 6.45) is 8.33. The first kappa shape index (κ1) is 16.2. The van der Waals surface area contributed by atoms with Gasteiger partial charge in [0.05, 0.1) is 17.7 Å². The highest BCUT2D eigenvalue weighted by Crippen LogP contribution is 2.30. The molecular formula is C22H20N4. The quantitative estimate of drug-likeness (QED) is 0.535. The Bertz CT molecular complexity index is 991. The van der Waals surface area contributed by atoms with Gasteiger partial charge in [-0.3, -0.25) is 9.97 Å². The summed E-state index contributed by atoms with van der Waals surface area (Å²) in [7, 11) is 0. The molecule has 0 saturated heterocycles. The summed E-state index contributed by atoms with van der Waals surface area (Å²) < 4.78 is 2.20. The average Bonchev–Trinajstić information content (AvgIpc) is 3.13. The Morgan fingerprint density at radius 3 is 2.42 bits per heavy atom. The lowest BCUT2D eigenvalue weighted by Gasteiger charge is -2.11. The third kappa shape index (κ3) is 3.26. The normalized spacial score (nSPS) is 10.8. The number of aromatic nitrogens is 4. The molecule has 0 aliphatic heterocycles. The van der Waals surface area contributed by atoms with Crippen molar-refractivity contribution in [3.63, 3.8) is 0 Å². The highest BCUT2D eigenvalue weighted by molar-refractivity contribution is 5.78. The van der Waals surface area contributed by atoms with Gasteiger partial charge in [0.15, 0.2) is 0 Å². The Hall–Kier alpha value is -3.27. The van der Waals surface area contributed by atoms with Crippen LogP contribution in [0.5, 0.6) is 0 Å². The van der Waals surface area contributed by atoms with Crippen LogP contribution in [-0.4, -0.2) is 19.5 Å². The lowest BCUT2D eigenvalue weighted by atomic mass is 10.1. The maximum absolute atomic E-state index is 4.71. The minimum Gasteiger partial charge on any atom is -0.330 e. The summed E-state index contributed by atoms with van der Waals surface area (Å²) in [6.45, 7) is 2.93. The second-order valence-corrected chi connectivity index (χ2v) is 6.26. The van der Waals surface area contributed by atoms with Gasteiger partial charge in [0.25, 0.3) is 0 Å². The van der Waals surface area contributed by atoms with Crippen LogP contribution in [-0.2, 0) is 13.0 Å². The topological polar surface area (TPSA) is 43.6 Å². The van der Waals surface area contributed by atoms with Gasteiger partial charge in [-0.2, -0.15) is 0 Å². The van der Waals surface area contributed by atoms with Crippen LogP contribution in [0, 0.1) is 6.92 Å². The van der Waals surface area contributed by atoms with Crippen LogP contribution in [0.1, 0.15) is 11.3 Å². The van der Waals surface area contributed by atoms with Gasteiger partial charge >= 0.3 is 0 Å². The molecule has 0 unspecified atom stereocenters. The largest absolute Gasteiger partial charge is 0.330 e. The zero-order valence-electron chi connectivity index (χ0n) is 14.7. The first-order chi connectivity index (χ1) is 12.8. The summed E-state index contributed by atoms with van der Waals surface area (Å²) in [5.41, 5.74) is 6.60. The molecule has 1 aromatic carbocycles. The van der Waals surface area contributed by atoms with Crippen LogP contribution in [0.3, 0.4) is 0 Å². The zero-order chi connectivity index (χ0) is 17.8. The molecule has 0 aliphatic carbocycles. The number of hydrogen-bond acceptors (Lipinski definition) is 3. The number of rotatable bonds is 5. The SMILES string of the molecule is Cc1cccnc1CCn1cnc(-c2ccccc2)c1-c1cccnc1. The summed E-state index contributed by atoms with van der Waals surface area (Å²) >= 11 is 0. The minimum absolute atomic E-state index is 0.821. The van der Waals surface area contributed by atoms with Crippen molar-refractivity contribution in [3.05, 3.63) is 90.8 Å². The molecule has 0 spiro atoms. The number of nitrogens with zero attached hydrogens (tertiary/aromatic N) is 4. The highest BCUT2D eigenvalue weighted by atomic mass is 15.1. The summed E-state index contributed by atoms with van der Waals surface area (Å²) in [6, 6.07) is 18.4. The average molecular weight is 340 g/mol. The summed E-state index contributed by atoms with van der Waals surface area (Å²) in [4.78, 5) is 13.5. The molecule has 4 heteroatoms. The van der Waals surface area contributed by atoms with Gasteiger partial charge in [-0.15, -0.1) is 0 Å². The van der Waals surface area contributed by atoms with Gasteiger partial charge in [-0.05, 0) is 30.7 Å². The number of aryl methyl sites for hydroxylation is 3. The zero-order valence-corrected chi connectivity index (χ0v) is 14.7. The van der Waals surface area contributed by atoms with Crippen molar-refractivity contribution < 1.29 is 0 Å². The van der Waals surface area contributed by atoms with Crippen molar-refractivity contribution in [2.45, 2.75) is 19.9 Å². The van der Waals surface area contributed by atoms with Crippen LogP contribution >= 0.6 is 0 Å². The van der Waals surface area contributed by atoms with Crippen molar-refractivity contribution in [3.8, 4) is 22.5 Å². The molecule has 4 aromatic rings. The van der Waals surface area contributed by atoms with Crippen molar-refractivity contribution in [1.82, 2.24) is 19.5 Å². The van der Waals surface area contributed by atoms with Gasteiger partial charge < -0.3 is 4.57 Å². The third-order valence-electron chi connectivity index (χ3n) is 4.53. The van der Waals surface area contributed by atoms with Crippen molar-refractivity contribution in [2.24, 2.45) is 0 Å². The molecule has 0 atom stereocenters. The number of imidazole rings is 1. The van der Waals surface area contributed by atoms with E-state index in [1.54, 1.807) is 6.20 Å². The Kier molecular flexibility index (Phi) is 4.56. The Morgan fingerprint density at radius 1 is 0.846 bits per heavy atom. The Labute approximate surface area is 153 Å². The molecule has 4 rings (SSSR count). The second-order valence-electron chi connectivity index (χ2n) is 6.26. The highest BCUT2D eigenvalue weighted by Gasteiger charge is 2.15. The maximum atomic E-state index is 4.71. The number of pyridine rings is 2. The first-order valence-electron chi connectivity index (χ1n) is 8.74. The third-order valence-corrected chi connectivity index (χ3v) is 4.53. The molecule has 0 aliphatic rings. The van der Waals surface area contributed by atoms with Gasteiger partial charge in [0.2, 0.25) is 0 Å². The van der Waals surface area contributed by atoms with E-state index in [0.29, 0.717) is 0 Å². The van der Waals surface area contributed by atoms with Crippen molar-refractivity contribution in [2.75, 3.05) is 0 Å². The van der Waals surface area contributed by atoms with E-state index in [0.717, 1.165) is 41.2 Å². The fraction of sp³-hybridized carbons (Fsp3) is 0.136. The van der Waals surface area contributed by atoms with E-state index < -0.39 is 0 Å². The van der Waals surface area contributed by atoms with Crippen molar-refractivity contribution in [1.29, 1.82) is 0 Å². The van der Waals surface area contributed by atoms with E-state index in [1.165, 1.54) is 5.56 Å². The molecule has 0 amide bonds. The second kappa shape index (κ2) is 7.31. The Balaban J connectivity index is 1.73. The molecule has 0 fully saturated rings. The first-order valence-corrected chi connectivity index (χ1v) is 8.74.